The van der Waals surface area contributed by atoms with Gasteiger partial charge in [-0.25, -0.2) is 0 Å². The minimum absolute atomic E-state index is 0.00804. The van der Waals surface area contributed by atoms with E-state index in [1.165, 1.54) is 0 Å². The topological polar surface area (TPSA) is 39.1 Å². The van der Waals surface area contributed by atoms with Crippen LogP contribution in [0, 0.1) is 0 Å². The molecule has 1 aliphatic heterocycles. The van der Waals surface area contributed by atoms with E-state index >= 15 is 0 Å². The van der Waals surface area contributed by atoms with Gasteiger partial charge in [0.1, 0.15) is 0 Å². The molecule has 1 aromatic heterocycles. The summed E-state index contributed by atoms with van der Waals surface area (Å²) in [6, 6.07) is 25.1. The van der Waals surface area contributed by atoms with Crippen molar-refractivity contribution in [2.75, 3.05) is 0 Å². The molecule has 0 atom stereocenters. The van der Waals surface area contributed by atoms with Crippen LogP contribution < -0.4 is 0 Å². The summed E-state index contributed by atoms with van der Waals surface area (Å²) < 4.78 is 2.09. The van der Waals surface area contributed by atoms with Crippen LogP contribution >= 0.6 is 0 Å². The Morgan fingerprint density at radius 1 is 0.857 bits per heavy atom. The van der Waals surface area contributed by atoms with Gasteiger partial charge in [0.25, 0.3) is 0 Å². The number of hydrogen-bond donors (Lipinski definition) is 0. The summed E-state index contributed by atoms with van der Waals surface area (Å²) in [5.74, 6) is 0.00804. The third-order valence-corrected chi connectivity index (χ3v) is 5.33. The van der Waals surface area contributed by atoms with Gasteiger partial charge in [-0.2, -0.15) is 0 Å². The maximum atomic E-state index is 13.2. The van der Waals surface area contributed by atoms with E-state index < -0.39 is 0 Å². The van der Waals surface area contributed by atoms with Crippen molar-refractivity contribution in [3.05, 3.63) is 101 Å². The predicted octanol–water partition coefficient (Wildman–Crippen LogP) is 5.40. The highest BCUT2D eigenvalue weighted by Crippen LogP contribution is 2.38. The molecule has 134 valence electrons. The van der Waals surface area contributed by atoms with Crippen molar-refractivity contribution in [1.29, 1.82) is 0 Å². The van der Waals surface area contributed by atoms with Gasteiger partial charge in [-0.15, -0.1) is 0 Å². The SMILES string of the molecule is O=Cc1c2n(c3ccccc13)CC(C(=O)c1ccccc1)=Cc1ccccc1-2. The average Bonchev–Trinajstić information content (AvgIpc) is 2.96. The number of ketones is 1. The fourth-order valence-electron chi connectivity index (χ4n) is 4.06. The van der Waals surface area contributed by atoms with Crippen molar-refractivity contribution in [1.82, 2.24) is 4.57 Å². The smallest absolute Gasteiger partial charge is 0.190 e. The fraction of sp³-hybridized carbons (Fsp3) is 0.0400. The van der Waals surface area contributed by atoms with Crippen LogP contribution in [0.1, 0.15) is 26.3 Å². The molecule has 0 N–H and O–H groups in total. The van der Waals surface area contributed by atoms with Crippen LogP contribution in [0.25, 0.3) is 28.2 Å². The van der Waals surface area contributed by atoms with E-state index in [4.69, 9.17) is 0 Å². The van der Waals surface area contributed by atoms with Crippen molar-refractivity contribution in [3.8, 4) is 11.3 Å². The molecule has 28 heavy (non-hydrogen) atoms. The zero-order valence-electron chi connectivity index (χ0n) is 15.1. The minimum atomic E-state index is 0.00804. The lowest BCUT2D eigenvalue weighted by Crippen LogP contribution is -2.10. The van der Waals surface area contributed by atoms with E-state index in [0.29, 0.717) is 23.2 Å². The number of nitrogens with zero attached hydrogens (tertiary/aromatic N) is 1. The van der Waals surface area contributed by atoms with Crippen LogP contribution in [-0.2, 0) is 6.54 Å². The van der Waals surface area contributed by atoms with Gasteiger partial charge in [-0.05, 0) is 17.7 Å². The Labute approximate surface area is 162 Å². The molecule has 2 heterocycles. The van der Waals surface area contributed by atoms with E-state index in [9.17, 15) is 9.59 Å². The van der Waals surface area contributed by atoms with E-state index in [-0.39, 0.29) is 5.78 Å². The first-order valence-corrected chi connectivity index (χ1v) is 9.24. The van der Waals surface area contributed by atoms with E-state index in [1.807, 2.05) is 84.9 Å². The second-order valence-electron chi connectivity index (χ2n) is 6.94. The molecule has 0 fully saturated rings. The highest BCUT2D eigenvalue weighted by atomic mass is 16.1. The molecule has 3 aromatic carbocycles. The van der Waals surface area contributed by atoms with Crippen molar-refractivity contribution in [2.45, 2.75) is 6.54 Å². The lowest BCUT2D eigenvalue weighted by atomic mass is 9.98. The summed E-state index contributed by atoms with van der Waals surface area (Å²) in [6.07, 6.45) is 2.88. The summed E-state index contributed by atoms with van der Waals surface area (Å²) >= 11 is 0. The lowest BCUT2D eigenvalue weighted by Gasteiger charge is -2.11. The molecule has 0 bridgehead atoms. The molecule has 4 aromatic rings. The normalized spacial score (nSPS) is 12.6. The molecule has 3 nitrogen and oxygen atoms in total. The lowest BCUT2D eigenvalue weighted by molar-refractivity contribution is 0.103. The van der Waals surface area contributed by atoms with Crippen LogP contribution in [-0.4, -0.2) is 16.6 Å². The minimum Gasteiger partial charge on any atom is -0.335 e. The molecule has 5 rings (SSSR count). The van der Waals surface area contributed by atoms with Gasteiger partial charge in [0.2, 0.25) is 0 Å². The zero-order chi connectivity index (χ0) is 19.1. The van der Waals surface area contributed by atoms with Gasteiger partial charge in [0, 0.05) is 33.2 Å². The highest BCUT2D eigenvalue weighted by Gasteiger charge is 2.25. The van der Waals surface area contributed by atoms with Crippen molar-refractivity contribution in [3.63, 3.8) is 0 Å². The largest absolute Gasteiger partial charge is 0.335 e. The molecule has 0 aliphatic carbocycles. The molecular formula is C25H17NO2. The predicted molar refractivity (Wildman–Crippen MR) is 112 cm³/mol. The molecule has 0 spiro atoms. The number of rotatable bonds is 3. The monoisotopic (exact) mass is 363 g/mol. The number of benzene rings is 3. The second-order valence-corrected chi connectivity index (χ2v) is 6.94. The first-order chi connectivity index (χ1) is 13.8. The Kier molecular flexibility index (Phi) is 3.80. The van der Waals surface area contributed by atoms with Crippen LogP contribution in [0.4, 0.5) is 0 Å². The van der Waals surface area contributed by atoms with Crippen LogP contribution in [0.2, 0.25) is 0 Å². The molecular weight excluding hydrogens is 346 g/mol. The standard InChI is InChI=1S/C25H17NO2/c27-16-22-21-12-6-7-13-23(21)26-15-19(25(28)17-8-2-1-3-9-17)14-18-10-4-5-11-20(18)24(22)26/h1-14,16H,15H2. The van der Waals surface area contributed by atoms with Gasteiger partial charge in [-0.3, -0.25) is 9.59 Å². The van der Waals surface area contributed by atoms with Gasteiger partial charge in [0.15, 0.2) is 12.1 Å². The number of hydrogen-bond acceptors (Lipinski definition) is 2. The van der Waals surface area contributed by atoms with Gasteiger partial charge in [-0.1, -0.05) is 72.8 Å². The van der Waals surface area contributed by atoms with Crippen molar-refractivity contribution in [2.24, 2.45) is 0 Å². The summed E-state index contributed by atoms with van der Waals surface area (Å²) in [7, 11) is 0. The molecule has 3 heteroatoms. The number of aromatic nitrogens is 1. The van der Waals surface area contributed by atoms with E-state index in [0.717, 1.165) is 34.0 Å². The molecule has 0 saturated heterocycles. The van der Waals surface area contributed by atoms with Crippen molar-refractivity contribution >= 4 is 29.0 Å². The van der Waals surface area contributed by atoms with E-state index in [1.54, 1.807) is 0 Å². The molecule has 0 radical (unpaired) electrons. The molecule has 0 amide bonds. The van der Waals surface area contributed by atoms with Gasteiger partial charge in [0.05, 0.1) is 12.2 Å². The molecule has 1 aliphatic rings. The Bertz CT molecular complexity index is 1260. The third kappa shape index (κ3) is 2.44. The quantitative estimate of drug-likeness (QED) is 0.361. The number of para-hydroxylation sites is 1. The number of carbonyl (C=O) groups is 2. The Balaban J connectivity index is 1.80. The number of aldehydes is 1. The molecule has 0 unspecified atom stereocenters. The summed E-state index contributed by atoms with van der Waals surface area (Å²) in [5, 5.41) is 0.913. The summed E-state index contributed by atoms with van der Waals surface area (Å²) in [5.41, 5.74) is 5.80. The van der Waals surface area contributed by atoms with Gasteiger partial charge >= 0.3 is 0 Å². The highest BCUT2D eigenvalue weighted by molar-refractivity contribution is 6.13. The van der Waals surface area contributed by atoms with Crippen molar-refractivity contribution < 1.29 is 9.59 Å². The van der Waals surface area contributed by atoms with Crippen LogP contribution in [0.3, 0.4) is 0 Å². The van der Waals surface area contributed by atoms with Crippen LogP contribution in [0.15, 0.2) is 84.4 Å². The Morgan fingerprint density at radius 3 is 2.39 bits per heavy atom. The fourth-order valence-corrected chi connectivity index (χ4v) is 4.06. The third-order valence-electron chi connectivity index (χ3n) is 5.33. The first-order valence-electron chi connectivity index (χ1n) is 9.24. The maximum absolute atomic E-state index is 13.2. The Hall–Kier alpha value is -3.72. The maximum Gasteiger partial charge on any atom is 0.190 e. The van der Waals surface area contributed by atoms with Gasteiger partial charge < -0.3 is 4.57 Å². The number of allylic oxidation sites excluding steroid dienone is 1. The average molecular weight is 363 g/mol. The van der Waals surface area contributed by atoms with E-state index in [2.05, 4.69) is 4.57 Å². The molecule has 0 saturated carbocycles. The van der Waals surface area contributed by atoms with Crippen LogP contribution in [0.5, 0.6) is 0 Å². The summed E-state index contributed by atoms with van der Waals surface area (Å²) in [6.45, 7) is 0.423. The Morgan fingerprint density at radius 2 is 1.57 bits per heavy atom. The second kappa shape index (κ2) is 6.46. The zero-order valence-corrected chi connectivity index (χ0v) is 15.1. The number of fused-ring (bicyclic) bond motifs is 5. The summed E-state index contributed by atoms with van der Waals surface area (Å²) in [4.78, 5) is 25.2. The number of carbonyl (C=O) groups excluding carboxylic acids is 2. The number of Topliss-reactive ketones (excluding diaryl/α,β-unsaturated/α-hetero) is 1. The first kappa shape index (κ1) is 16.5.